The molecule has 0 spiro atoms. The number of aromatic nitrogens is 4. The summed E-state index contributed by atoms with van der Waals surface area (Å²) in [5, 5.41) is 3.45. The van der Waals surface area contributed by atoms with E-state index in [-0.39, 0.29) is 11.0 Å². The highest BCUT2D eigenvalue weighted by atomic mass is 32.2. The number of aromatic amines is 1. The van der Waals surface area contributed by atoms with Crippen molar-refractivity contribution in [2.45, 2.75) is 38.3 Å². The van der Waals surface area contributed by atoms with Gasteiger partial charge >= 0.3 is 0 Å². The first-order valence-electron chi connectivity index (χ1n) is 10.2. The summed E-state index contributed by atoms with van der Waals surface area (Å²) < 4.78 is 7.53. The minimum absolute atomic E-state index is 0.120. The third kappa shape index (κ3) is 4.82. The van der Waals surface area contributed by atoms with Gasteiger partial charge in [-0.25, -0.2) is 14.5 Å². The Morgan fingerprint density at radius 3 is 2.52 bits per heavy atom. The van der Waals surface area contributed by atoms with E-state index in [0.29, 0.717) is 29.0 Å². The van der Waals surface area contributed by atoms with Crippen molar-refractivity contribution in [1.82, 2.24) is 19.6 Å². The van der Waals surface area contributed by atoms with Crippen molar-refractivity contribution in [2.24, 2.45) is 0 Å². The summed E-state index contributed by atoms with van der Waals surface area (Å²) in [7, 11) is 0. The fourth-order valence-corrected chi connectivity index (χ4v) is 4.04. The van der Waals surface area contributed by atoms with Crippen LogP contribution in [0.2, 0.25) is 0 Å². The molecule has 2 heterocycles. The molecule has 7 heteroatoms. The predicted molar refractivity (Wildman–Crippen MR) is 125 cm³/mol. The zero-order valence-electron chi connectivity index (χ0n) is 18.2. The first-order chi connectivity index (χ1) is 14.8. The van der Waals surface area contributed by atoms with Crippen LogP contribution in [0.25, 0.3) is 17.0 Å². The van der Waals surface area contributed by atoms with Gasteiger partial charge in [-0.15, -0.1) is 0 Å². The van der Waals surface area contributed by atoms with Crippen molar-refractivity contribution in [3.63, 3.8) is 0 Å². The molecular weight excluding hydrogens is 408 g/mol. The number of benzene rings is 2. The molecule has 0 radical (unpaired) electrons. The van der Waals surface area contributed by atoms with Gasteiger partial charge in [0.25, 0.3) is 5.56 Å². The van der Waals surface area contributed by atoms with Gasteiger partial charge in [-0.05, 0) is 35.6 Å². The highest BCUT2D eigenvalue weighted by molar-refractivity contribution is 7.99. The zero-order chi connectivity index (χ0) is 22.0. The second-order valence-corrected chi connectivity index (χ2v) is 9.49. The molecule has 2 aromatic carbocycles. The Kier molecular flexibility index (Phi) is 5.87. The average molecular weight is 435 g/mol. The lowest BCUT2D eigenvalue weighted by Gasteiger charge is -2.19. The Morgan fingerprint density at radius 1 is 1.06 bits per heavy atom. The summed E-state index contributed by atoms with van der Waals surface area (Å²) in [4.78, 5) is 21.2. The van der Waals surface area contributed by atoms with Gasteiger partial charge in [-0.3, -0.25) is 9.89 Å². The van der Waals surface area contributed by atoms with Gasteiger partial charge in [-0.2, -0.15) is 0 Å². The summed E-state index contributed by atoms with van der Waals surface area (Å²) in [5.41, 5.74) is 3.79. The number of hydrogen-bond acceptors (Lipinski definition) is 5. The first kappa shape index (κ1) is 21.2. The summed E-state index contributed by atoms with van der Waals surface area (Å²) in [6, 6.07) is 17.7. The third-order valence-corrected chi connectivity index (χ3v) is 5.92. The molecule has 6 nitrogen and oxygen atoms in total. The van der Waals surface area contributed by atoms with Gasteiger partial charge < -0.3 is 4.74 Å². The molecule has 0 amide bonds. The Hall–Kier alpha value is -3.06. The maximum absolute atomic E-state index is 11.9. The molecule has 0 aliphatic carbocycles. The van der Waals surface area contributed by atoms with E-state index in [1.165, 1.54) is 23.4 Å². The smallest absolute Gasteiger partial charge is 0.266 e. The highest BCUT2D eigenvalue weighted by Gasteiger charge is 2.14. The topological polar surface area (TPSA) is 72.3 Å². The van der Waals surface area contributed by atoms with Crippen LogP contribution in [-0.4, -0.2) is 31.9 Å². The monoisotopic (exact) mass is 434 g/mol. The molecule has 0 bridgehead atoms. The van der Waals surface area contributed by atoms with E-state index in [4.69, 9.17) is 9.72 Å². The van der Waals surface area contributed by atoms with Crippen LogP contribution < -0.4 is 10.3 Å². The maximum atomic E-state index is 11.9. The maximum Gasteiger partial charge on any atom is 0.266 e. The van der Waals surface area contributed by atoms with Gasteiger partial charge in [0.1, 0.15) is 5.75 Å². The summed E-state index contributed by atoms with van der Waals surface area (Å²) >= 11 is 1.52. The molecule has 1 N–H and O–H groups in total. The van der Waals surface area contributed by atoms with Crippen LogP contribution in [-0.2, 0) is 5.41 Å². The standard InChI is InChI=1S/C24H26N4O2S/c1-16-7-5-6-8-19(16)22-25-20-15-21(29)27-28(20)23(26-22)31-14-13-30-18-11-9-17(10-12-18)24(2,3)4/h5-12,15H,13-14H2,1-4H3,(H,27,29). The van der Waals surface area contributed by atoms with E-state index in [0.717, 1.165) is 16.9 Å². The van der Waals surface area contributed by atoms with Crippen LogP contribution in [0.15, 0.2) is 64.5 Å². The summed E-state index contributed by atoms with van der Waals surface area (Å²) in [6.07, 6.45) is 0. The SMILES string of the molecule is Cc1ccccc1-c1nc(SCCOc2ccc(C(C)(C)C)cc2)n2[nH]c(=O)cc2n1. The molecule has 0 aliphatic heterocycles. The molecule has 0 unspecified atom stereocenters. The molecule has 2 aromatic heterocycles. The Labute approximate surface area is 185 Å². The summed E-state index contributed by atoms with van der Waals surface area (Å²) in [5.74, 6) is 2.13. The van der Waals surface area contributed by atoms with Crippen LogP contribution in [0, 0.1) is 6.92 Å². The Balaban J connectivity index is 1.49. The Morgan fingerprint density at radius 2 is 1.81 bits per heavy atom. The van der Waals surface area contributed by atoms with Crippen LogP contribution >= 0.6 is 11.8 Å². The molecule has 4 rings (SSSR count). The number of H-pyrrole nitrogens is 1. The van der Waals surface area contributed by atoms with Crippen molar-refractivity contribution in [3.8, 4) is 17.1 Å². The fraction of sp³-hybridized carbons (Fsp3) is 0.292. The number of rotatable bonds is 6. The van der Waals surface area contributed by atoms with E-state index in [2.05, 4.69) is 43.0 Å². The zero-order valence-corrected chi connectivity index (χ0v) is 19.0. The minimum atomic E-state index is -0.201. The van der Waals surface area contributed by atoms with E-state index >= 15 is 0 Å². The van der Waals surface area contributed by atoms with Gasteiger partial charge in [0.15, 0.2) is 16.6 Å². The van der Waals surface area contributed by atoms with Crippen LogP contribution in [0.1, 0.15) is 31.9 Å². The number of aryl methyl sites for hydroxylation is 1. The number of fused-ring (bicyclic) bond motifs is 1. The van der Waals surface area contributed by atoms with Crippen LogP contribution in [0.3, 0.4) is 0 Å². The number of hydrogen-bond donors (Lipinski definition) is 1. The van der Waals surface area contributed by atoms with Crippen molar-refractivity contribution < 1.29 is 4.74 Å². The third-order valence-electron chi connectivity index (χ3n) is 5.01. The van der Waals surface area contributed by atoms with E-state index in [1.807, 2.05) is 43.3 Å². The molecule has 0 saturated heterocycles. The molecule has 0 atom stereocenters. The van der Waals surface area contributed by atoms with Gasteiger partial charge in [0, 0.05) is 17.4 Å². The number of thioether (sulfide) groups is 1. The van der Waals surface area contributed by atoms with Crippen LogP contribution in [0.4, 0.5) is 0 Å². The first-order valence-corrected chi connectivity index (χ1v) is 11.2. The van der Waals surface area contributed by atoms with Crippen molar-refractivity contribution in [2.75, 3.05) is 12.4 Å². The molecular formula is C24H26N4O2S. The molecule has 160 valence electrons. The normalized spacial score (nSPS) is 11.7. The number of nitrogens with one attached hydrogen (secondary N) is 1. The lowest BCUT2D eigenvalue weighted by Crippen LogP contribution is -2.10. The number of ether oxygens (including phenoxy) is 1. The van der Waals surface area contributed by atoms with Gasteiger partial charge in [0.2, 0.25) is 0 Å². The van der Waals surface area contributed by atoms with Gasteiger partial charge in [0.05, 0.1) is 6.61 Å². The fourth-order valence-electron chi connectivity index (χ4n) is 3.27. The molecule has 31 heavy (non-hydrogen) atoms. The van der Waals surface area contributed by atoms with Crippen molar-refractivity contribution in [1.29, 1.82) is 0 Å². The second-order valence-electron chi connectivity index (χ2n) is 8.43. The van der Waals surface area contributed by atoms with Gasteiger partial charge in [-0.1, -0.05) is 68.9 Å². The largest absolute Gasteiger partial charge is 0.493 e. The van der Waals surface area contributed by atoms with Crippen molar-refractivity contribution >= 4 is 17.4 Å². The molecule has 0 saturated carbocycles. The van der Waals surface area contributed by atoms with Crippen molar-refractivity contribution in [3.05, 3.63) is 76.1 Å². The Bertz CT molecular complexity index is 1250. The average Bonchev–Trinajstić information content (AvgIpc) is 3.11. The predicted octanol–water partition coefficient (Wildman–Crippen LogP) is 4.86. The lowest BCUT2D eigenvalue weighted by molar-refractivity contribution is 0.343. The minimum Gasteiger partial charge on any atom is -0.493 e. The number of nitrogens with zero attached hydrogens (tertiary/aromatic N) is 3. The van der Waals surface area contributed by atoms with Crippen LogP contribution in [0.5, 0.6) is 5.75 Å². The summed E-state index contributed by atoms with van der Waals surface area (Å²) in [6.45, 7) is 9.13. The second kappa shape index (κ2) is 8.59. The lowest BCUT2D eigenvalue weighted by atomic mass is 9.87. The molecule has 0 aliphatic rings. The molecule has 4 aromatic rings. The quantitative estimate of drug-likeness (QED) is 0.347. The highest BCUT2D eigenvalue weighted by Crippen LogP contribution is 2.26. The van der Waals surface area contributed by atoms with E-state index in [9.17, 15) is 4.79 Å². The van der Waals surface area contributed by atoms with E-state index < -0.39 is 0 Å². The molecule has 0 fully saturated rings. The van der Waals surface area contributed by atoms with E-state index in [1.54, 1.807) is 4.52 Å².